The molecule has 0 aliphatic heterocycles. The molecule has 0 aromatic heterocycles. The van der Waals surface area contributed by atoms with Crippen LogP contribution >= 0.6 is 0 Å². The van der Waals surface area contributed by atoms with Crippen LogP contribution in [0.1, 0.15) is 12.5 Å². The highest BCUT2D eigenvalue weighted by Gasteiger charge is 2.03. The van der Waals surface area contributed by atoms with E-state index in [1.807, 2.05) is 0 Å². The molecule has 1 rings (SSSR count). The molecule has 5 heteroatoms. The number of ether oxygens (including phenoxy) is 1. The summed E-state index contributed by atoms with van der Waals surface area (Å²) in [5.41, 5.74) is 0.501. The number of nitro benzene ring substituents is 1. The van der Waals surface area contributed by atoms with Crippen LogP contribution < -0.4 is 0 Å². The van der Waals surface area contributed by atoms with Gasteiger partial charge in [0.2, 0.25) is 0 Å². The molecule has 0 N–H and O–H groups in total. The second-order valence-corrected chi connectivity index (χ2v) is 2.89. The molecule has 0 amide bonds. The van der Waals surface area contributed by atoms with E-state index in [1.54, 1.807) is 12.1 Å². The van der Waals surface area contributed by atoms with E-state index in [4.69, 9.17) is 0 Å². The highest BCUT2D eigenvalue weighted by atomic mass is 16.6. The van der Waals surface area contributed by atoms with Gasteiger partial charge in [-0.15, -0.1) is 0 Å². The molecule has 0 fully saturated rings. The first-order valence-corrected chi connectivity index (χ1v) is 4.46. The number of rotatable bonds is 2. The molecule has 16 heavy (non-hydrogen) atoms. The molecule has 5 nitrogen and oxygen atoms in total. The third kappa shape index (κ3) is 3.80. The van der Waals surface area contributed by atoms with Gasteiger partial charge in [-0.1, -0.05) is 17.9 Å². The van der Waals surface area contributed by atoms with Crippen molar-refractivity contribution >= 4 is 11.7 Å². The second kappa shape index (κ2) is 5.51. The average molecular weight is 219 g/mol. The third-order valence-corrected chi connectivity index (χ3v) is 1.64. The normalized spacial score (nSPS) is 8.81. The molecular weight excluding hydrogens is 210 g/mol. The number of non-ortho nitro benzene ring substituents is 1. The van der Waals surface area contributed by atoms with Crippen molar-refractivity contribution in [3.05, 3.63) is 39.9 Å². The monoisotopic (exact) mass is 219 g/mol. The first-order chi connectivity index (χ1) is 7.59. The SMILES string of the molecule is CC(=O)OCC#Cc1cccc([N+](=O)[O-])c1. The van der Waals surface area contributed by atoms with Gasteiger partial charge in [0.25, 0.3) is 5.69 Å². The van der Waals surface area contributed by atoms with Crippen molar-refractivity contribution in [1.29, 1.82) is 0 Å². The molecule has 82 valence electrons. The highest BCUT2D eigenvalue weighted by molar-refractivity contribution is 5.66. The number of carbonyl (C=O) groups excluding carboxylic acids is 1. The zero-order valence-corrected chi connectivity index (χ0v) is 8.60. The van der Waals surface area contributed by atoms with Crippen LogP contribution in [-0.4, -0.2) is 17.5 Å². The van der Waals surface area contributed by atoms with E-state index in [1.165, 1.54) is 19.1 Å². The summed E-state index contributed by atoms with van der Waals surface area (Å²) < 4.78 is 4.59. The zero-order valence-electron chi connectivity index (χ0n) is 8.60. The fourth-order valence-electron chi connectivity index (χ4n) is 0.973. The number of hydrogen-bond donors (Lipinski definition) is 0. The second-order valence-electron chi connectivity index (χ2n) is 2.89. The minimum atomic E-state index is -0.489. The number of carbonyl (C=O) groups is 1. The van der Waals surface area contributed by atoms with Crippen LogP contribution in [-0.2, 0) is 9.53 Å². The van der Waals surface area contributed by atoms with Crippen molar-refractivity contribution in [1.82, 2.24) is 0 Å². The first kappa shape index (κ1) is 11.7. The molecule has 0 bridgehead atoms. The van der Waals surface area contributed by atoms with Crippen LogP contribution in [0.2, 0.25) is 0 Å². The van der Waals surface area contributed by atoms with Crippen LogP contribution in [0.15, 0.2) is 24.3 Å². The lowest BCUT2D eigenvalue weighted by Gasteiger charge is -1.93. The van der Waals surface area contributed by atoms with Crippen molar-refractivity contribution in [2.45, 2.75) is 6.92 Å². The van der Waals surface area contributed by atoms with Gasteiger partial charge in [-0.05, 0) is 6.07 Å². The summed E-state index contributed by atoms with van der Waals surface area (Å²) in [7, 11) is 0. The van der Waals surface area contributed by atoms with Crippen LogP contribution in [0.3, 0.4) is 0 Å². The Morgan fingerprint density at radius 2 is 2.31 bits per heavy atom. The quantitative estimate of drug-likeness (QED) is 0.327. The van der Waals surface area contributed by atoms with Gasteiger partial charge in [0, 0.05) is 24.6 Å². The van der Waals surface area contributed by atoms with Gasteiger partial charge in [-0.3, -0.25) is 14.9 Å². The number of hydrogen-bond acceptors (Lipinski definition) is 4. The smallest absolute Gasteiger partial charge is 0.303 e. The average Bonchev–Trinajstić information content (AvgIpc) is 2.24. The van der Waals surface area contributed by atoms with Gasteiger partial charge < -0.3 is 4.74 Å². The summed E-state index contributed by atoms with van der Waals surface area (Å²) in [6, 6.07) is 5.94. The third-order valence-electron chi connectivity index (χ3n) is 1.64. The van der Waals surface area contributed by atoms with E-state index in [2.05, 4.69) is 16.6 Å². The van der Waals surface area contributed by atoms with Crippen molar-refractivity contribution in [2.24, 2.45) is 0 Å². The minimum Gasteiger partial charge on any atom is -0.453 e. The number of nitro groups is 1. The number of esters is 1. The molecular formula is C11H9NO4. The van der Waals surface area contributed by atoms with E-state index in [-0.39, 0.29) is 12.3 Å². The molecule has 0 aliphatic carbocycles. The summed E-state index contributed by atoms with van der Waals surface area (Å²) in [5, 5.41) is 10.5. The summed E-state index contributed by atoms with van der Waals surface area (Å²) in [4.78, 5) is 20.4. The Morgan fingerprint density at radius 1 is 1.56 bits per heavy atom. The van der Waals surface area contributed by atoms with Gasteiger partial charge in [-0.25, -0.2) is 0 Å². The van der Waals surface area contributed by atoms with E-state index < -0.39 is 10.9 Å². The number of benzene rings is 1. The molecule has 0 spiro atoms. The van der Waals surface area contributed by atoms with Gasteiger partial charge in [0.1, 0.15) is 0 Å². The Hall–Kier alpha value is -2.35. The van der Waals surface area contributed by atoms with E-state index in [0.29, 0.717) is 5.56 Å². The topological polar surface area (TPSA) is 69.4 Å². The van der Waals surface area contributed by atoms with Crippen molar-refractivity contribution in [3.8, 4) is 11.8 Å². The fourth-order valence-corrected chi connectivity index (χ4v) is 0.973. The minimum absolute atomic E-state index is 0.0145. The highest BCUT2D eigenvalue weighted by Crippen LogP contribution is 2.11. The maximum atomic E-state index is 10.5. The van der Waals surface area contributed by atoms with Crippen molar-refractivity contribution < 1.29 is 14.5 Å². The molecule has 0 saturated carbocycles. The maximum absolute atomic E-state index is 10.5. The predicted molar refractivity (Wildman–Crippen MR) is 56.6 cm³/mol. The van der Waals surface area contributed by atoms with Gasteiger partial charge >= 0.3 is 5.97 Å². The van der Waals surface area contributed by atoms with Gasteiger partial charge in [0.05, 0.1) is 4.92 Å². The molecule has 0 radical (unpaired) electrons. The molecule has 1 aromatic rings. The van der Waals surface area contributed by atoms with Crippen molar-refractivity contribution in [3.63, 3.8) is 0 Å². The Bertz CT molecular complexity index is 470. The van der Waals surface area contributed by atoms with Crippen LogP contribution in [0, 0.1) is 22.0 Å². The van der Waals surface area contributed by atoms with Gasteiger partial charge in [-0.2, -0.15) is 0 Å². The van der Waals surface area contributed by atoms with Crippen LogP contribution in [0.4, 0.5) is 5.69 Å². The summed E-state index contributed by atoms with van der Waals surface area (Å²) in [6.45, 7) is 1.27. The largest absolute Gasteiger partial charge is 0.453 e. The Labute approximate surface area is 92.2 Å². The molecule has 0 heterocycles. The predicted octanol–water partition coefficient (Wildman–Crippen LogP) is 1.51. The summed E-state index contributed by atoms with van der Waals surface area (Å²) in [5.74, 6) is 4.84. The van der Waals surface area contributed by atoms with E-state index in [0.717, 1.165) is 0 Å². The fraction of sp³-hybridized carbons (Fsp3) is 0.182. The van der Waals surface area contributed by atoms with Crippen LogP contribution in [0.25, 0.3) is 0 Å². The van der Waals surface area contributed by atoms with Crippen LogP contribution in [0.5, 0.6) is 0 Å². The lowest BCUT2D eigenvalue weighted by Crippen LogP contribution is -1.97. The van der Waals surface area contributed by atoms with Gasteiger partial charge in [0.15, 0.2) is 6.61 Å². The molecule has 0 saturated heterocycles. The van der Waals surface area contributed by atoms with Crippen molar-refractivity contribution in [2.75, 3.05) is 6.61 Å². The Balaban J connectivity index is 2.70. The zero-order chi connectivity index (χ0) is 12.0. The lowest BCUT2D eigenvalue weighted by atomic mass is 10.2. The molecule has 0 unspecified atom stereocenters. The molecule has 0 aliphatic rings. The molecule has 0 atom stereocenters. The Morgan fingerprint density at radius 3 is 2.94 bits per heavy atom. The standard InChI is InChI=1S/C11H9NO4/c1-9(13)16-7-3-5-10-4-2-6-11(8-10)12(14)15/h2,4,6,8H,7H2,1H3. The maximum Gasteiger partial charge on any atom is 0.303 e. The summed E-state index contributed by atoms with van der Waals surface area (Å²) >= 11 is 0. The number of nitrogens with zero attached hydrogens (tertiary/aromatic N) is 1. The first-order valence-electron chi connectivity index (χ1n) is 4.46. The summed E-state index contributed by atoms with van der Waals surface area (Å²) in [6.07, 6.45) is 0. The van der Waals surface area contributed by atoms with E-state index in [9.17, 15) is 14.9 Å². The lowest BCUT2D eigenvalue weighted by molar-refractivity contribution is -0.384. The van der Waals surface area contributed by atoms with E-state index >= 15 is 0 Å². The Kier molecular flexibility index (Phi) is 4.04. The molecule has 1 aromatic carbocycles.